The maximum Gasteiger partial charge on any atom is 0.453 e. The summed E-state index contributed by atoms with van der Waals surface area (Å²) in [4.78, 5) is 12.6. The van der Waals surface area contributed by atoms with Crippen molar-refractivity contribution in [3.63, 3.8) is 0 Å². The molecule has 0 aliphatic carbocycles. The Labute approximate surface area is 137 Å². The van der Waals surface area contributed by atoms with Crippen LogP contribution in [0.15, 0.2) is 29.3 Å². The molecule has 0 bridgehead atoms. The van der Waals surface area contributed by atoms with Crippen LogP contribution in [0.1, 0.15) is 12.7 Å². The van der Waals surface area contributed by atoms with Crippen molar-refractivity contribution in [1.29, 1.82) is 0 Å². The lowest BCUT2D eigenvalue weighted by Gasteiger charge is -2.07. The second-order valence-electron chi connectivity index (χ2n) is 4.40. The van der Waals surface area contributed by atoms with Crippen LogP contribution in [0.4, 0.5) is 13.2 Å². The third-order valence-corrected chi connectivity index (χ3v) is 3.97. The summed E-state index contributed by atoms with van der Waals surface area (Å²) in [5.74, 6) is -0.574. The fraction of sp³-hybridized carbons (Fsp3) is 0.231. The van der Waals surface area contributed by atoms with Crippen molar-refractivity contribution in [1.82, 2.24) is 24.6 Å². The molecule has 0 radical (unpaired) electrons. The molecule has 0 saturated carbocycles. The Morgan fingerprint density at radius 1 is 1.17 bits per heavy atom. The highest BCUT2D eigenvalue weighted by molar-refractivity contribution is 7.99. The largest absolute Gasteiger partial charge is 0.453 e. The molecular formula is C13H9ClF3N5S. The SMILES string of the molecule is CCSc1ccc(Cl)nc1-c1ccn2nc(C(F)(F)F)nc2n1. The van der Waals surface area contributed by atoms with E-state index in [2.05, 4.69) is 20.1 Å². The Balaban J connectivity index is 2.12. The monoisotopic (exact) mass is 359 g/mol. The van der Waals surface area contributed by atoms with Crippen molar-refractivity contribution in [3.05, 3.63) is 35.4 Å². The van der Waals surface area contributed by atoms with Crippen LogP contribution in [-0.4, -0.2) is 30.3 Å². The summed E-state index contributed by atoms with van der Waals surface area (Å²) in [5.41, 5.74) is 0.889. The number of thioether (sulfide) groups is 1. The first-order chi connectivity index (χ1) is 10.9. The summed E-state index contributed by atoms with van der Waals surface area (Å²) in [6.45, 7) is 1.98. The maximum atomic E-state index is 12.7. The number of fused-ring (bicyclic) bond motifs is 1. The Bertz CT molecular complexity index is 864. The number of nitrogens with zero attached hydrogens (tertiary/aromatic N) is 5. The molecule has 10 heteroatoms. The number of hydrogen-bond acceptors (Lipinski definition) is 5. The van der Waals surface area contributed by atoms with Gasteiger partial charge in [-0.25, -0.2) is 14.5 Å². The third-order valence-electron chi connectivity index (χ3n) is 2.83. The van der Waals surface area contributed by atoms with Gasteiger partial charge < -0.3 is 0 Å². The molecule has 0 aliphatic heterocycles. The van der Waals surface area contributed by atoms with Crippen LogP contribution in [0, 0.1) is 0 Å². The van der Waals surface area contributed by atoms with E-state index in [4.69, 9.17) is 11.6 Å². The van der Waals surface area contributed by atoms with Crippen LogP contribution in [0.2, 0.25) is 5.15 Å². The second kappa shape index (κ2) is 5.97. The van der Waals surface area contributed by atoms with Crippen LogP contribution < -0.4 is 0 Å². The Kier molecular flexibility index (Phi) is 4.15. The molecule has 120 valence electrons. The van der Waals surface area contributed by atoms with Gasteiger partial charge in [-0.15, -0.1) is 16.9 Å². The van der Waals surface area contributed by atoms with Crippen LogP contribution in [0.5, 0.6) is 0 Å². The minimum Gasteiger partial charge on any atom is -0.233 e. The molecule has 0 amide bonds. The fourth-order valence-electron chi connectivity index (χ4n) is 1.91. The molecule has 0 N–H and O–H groups in total. The fourth-order valence-corrected chi connectivity index (χ4v) is 2.82. The molecular weight excluding hydrogens is 351 g/mol. The van der Waals surface area contributed by atoms with Gasteiger partial charge in [0.15, 0.2) is 0 Å². The maximum absolute atomic E-state index is 12.7. The minimum absolute atomic E-state index is 0.149. The first-order valence-corrected chi connectivity index (χ1v) is 7.85. The van der Waals surface area contributed by atoms with Crippen molar-refractivity contribution >= 4 is 29.1 Å². The normalized spacial score (nSPS) is 12.0. The summed E-state index contributed by atoms with van der Waals surface area (Å²) < 4.78 is 39.0. The van der Waals surface area contributed by atoms with Crippen LogP contribution in [0.3, 0.4) is 0 Å². The van der Waals surface area contributed by atoms with Crippen molar-refractivity contribution in [2.45, 2.75) is 18.0 Å². The zero-order valence-electron chi connectivity index (χ0n) is 11.7. The smallest absolute Gasteiger partial charge is 0.233 e. The standard InChI is InChI=1S/C13H9ClF3N5S/c1-2-23-8-3-4-9(14)19-10(8)7-5-6-22-12(18-7)20-11(21-22)13(15,16)17/h3-6H,2H2,1H3. The molecule has 0 aromatic carbocycles. The first-order valence-electron chi connectivity index (χ1n) is 6.49. The summed E-state index contributed by atoms with van der Waals surface area (Å²) in [6.07, 6.45) is -3.26. The summed E-state index contributed by atoms with van der Waals surface area (Å²) in [6, 6.07) is 4.98. The Morgan fingerprint density at radius 3 is 2.65 bits per heavy atom. The van der Waals surface area contributed by atoms with Gasteiger partial charge in [-0.2, -0.15) is 18.2 Å². The zero-order valence-corrected chi connectivity index (χ0v) is 13.2. The van der Waals surface area contributed by atoms with Gasteiger partial charge in [0.05, 0.1) is 5.69 Å². The number of rotatable bonds is 3. The molecule has 0 spiro atoms. The van der Waals surface area contributed by atoms with E-state index < -0.39 is 12.0 Å². The molecule has 23 heavy (non-hydrogen) atoms. The molecule has 0 fully saturated rings. The van der Waals surface area contributed by atoms with E-state index in [1.807, 2.05) is 6.92 Å². The number of aromatic nitrogens is 5. The number of halogens is 4. The lowest BCUT2D eigenvalue weighted by molar-refractivity contribution is -0.144. The molecule has 0 aliphatic rings. The molecule has 0 atom stereocenters. The predicted octanol–water partition coefficient (Wildman–Crippen LogP) is 3.97. The second-order valence-corrected chi connectivity index (χ2v) is 6.10. The molecule has 3 rings (SSSR count). The molecule has 5 nitrogen and oxygen atoms in total. The van der Waals surface area contributed by atoms with Crippen molar-refractivity contribution < 1.29 is 13.2 Å². The van der Waals surface area contributed by atoms with E-state index in [-0.39, 0.29) is 10.9 Å². The van der Waals surface area contributed by atoms with Gasteiger partial charge in [-0.05, 0) is 24.0 Å². The van der Waals surface area contributed by atoms with Gasteiger partial charge in [0.25, 0.3) is 11.6 Å². The third kappa shape index (κ3) is 3.25. The molecule has 0 saturated heterocycles. The summed E-state index contributed by atoms with van der Waals surface area (Å²) in [7, 11) is 0. The number of hydrogen-bond donors (Lipinski definition) is 0. The van der Waals surface area contributed by atoms with E-state index in [9.17, 15) is 13.2 Å². The summed E-state index contributed by atoms with van der Waals surface area (Å²) >= 11 is 7.46. The summed E-state index contributed by atoms with van der Waals surface area (Å²) in [5, 5.41) is 3.64. The lowest BCUT2D eigenvalue weighted by Crippen LogP contribution is -2.07. The topological polar surface area (TPSA) is 56.0 Å². The van der Waals surface area contributed by atoms with E-state index in [0.717, 1.165) is 15.2 Å². The first kappa shape index (κ1) is 16.0. The van der Waals surface area contributed by atoms with Crippen molar-refractivity contribution in [2.24, 2.45) is 0 Å². The Hall–Kier alpha value is -1.87. The van der Waals surface area contributed by atoms with Gasteiger partial charge >= 0.3 is 6.18 Å². The number of pyridine rings is 1. The minimum atomic E-state index is -4.62. The highest BCUT2D eigenvalue weighted by atomic mass is 35.5. The van der Waals surface area contributed by atoms with Crippen molar-refractivity contribution in [2.75, 3.05) is 5.75 Å². The van der Waals surface area contributed by atoms with E-state index >= 15 is 0 Å². The molecule has 3 aromatic rings. The average Bonchev–Trinajstić information content (AvgIpc) is 2.92. The predicted molar refractivity (Wildman–Crippen MR) is 80.4 cm³/mol. The van der Waals surface area contributed by atoms with Crippen LogP contribution in [0.25, 0.3) is 17.2 Å². The lowest BCUT2D eigenvalue weighted by atomic mass is 10.2. The van der Waals surface area contributed by atoms with E-state index in [0.29, 0.717) is 11.4 Å². The Morgan fingerprint density at radius 2 is 1.96 bits per heavy atom. The molecule has 3 aromatic heterocycles. The van der Waals surface area contributed by atoms with E-state index in [1.165, 1.54) is 24.0 Å². The highest BCUT2D eigenvalue weighted by Crippen LogP contribution is 2.31. The molecule has 3 heterocycles. The van der Waals surface area contributed by atoms with Gasteiger partial charge in [-0.3, -0.25) is 0 Å². The van der Waals surface area contributed by atoms with Crippen LogP contribution in [-0.2, 0) is 6.18 Å². The van der Waals surface area contributed by atoms with Gasteiger partial charge in [0, 0.05) is 11.1 Å². The van der Waals surface area contributed by atoms with Gasteiger partial charge in [0.1, 0.15) is 10.8 Å². The van der Waals surface area contributed by atoms with E-state index in [1.54, 1.807) is 12.1 Å². The number of alkyl halides is 3. The highest BCUT2D eigenvalue weighted by Gasteiger charge is 2.36. The van der Waals surface area contributed by atoms with Crippen LogP contribution >= 0.6 is 23.4 Å². The zero-order chi connectivity index (χ0) is 16.6. The quantitative estimate of drug-likeness (QED) is 0.523. The van der Waals surface area contributed by atoms with Crippen molar-refractivity contribution in [3.8, 4) is 11.4 Å². The van der Waals surface area contributed by atoms with Gasteiger partial charge in [0.2, 0.25) is 0 Å². The average molecular weight is 360 g/mol. The molecule has 0 unspecified atom stereocenters. The van der Waals surface area contributed by atoms with Gasteiger partial charge in [-0.1, -0.05) is 18.5 Å².